The third-order valence-corrected chi connectivity index (χ3v) is 6.48. The fourth-order valence-corrected chi connectivity index (χ4v) is 5.03. The van der Waals surface area contributed by atoms with Gasteiger partial charge < -0.3 is 5.32 Å². The molecule has 9 heteroatoms. The number of nitrogens with one attached hydrogen (secondary N) is 1. The molecule has 132 valence electrons. The van der Waals surface area contributed by atoms with Crippen LogP contribution in [0.5, 0.6) is 0 Å². The summed E-state index contributed by atoms with van der Waals surface area (Å²) in [6.45, 7) is 0.354. The monoisotopic (exact) mass is 399 g/mol. The van der Waals surface area contributed by atoms with Crippen LogP contribution in [0.15, 0.2) is 47.4 Å². The lowest BCUT2D eigenvalue weighted by Crippen LogP contribution is -2.36. The molecule has 25 heavy (non-hydrogen) atoms. The van der Waals surface area contributed by atoms with Crippen LogP contribution in [0.4, 0.5) is 0 Å². The first-order valence-corrected chi connectivity index (χ1v) is 9.75. The van der Waals surface area contributed by atoms with E-state index in [-0.39, 0.29) is 40.6 Å². The molecule has 1 amide bonds. The lowest BCUT2D eigenvalue weighted by molar-refractivity contribution is -0.121. The predicted molar refractivity (Wildman–Crippen MR) is 95.0 cm³/mol. The number of carbonyl (C=O) groups excluding carboxylic acids is 1. The summed E-state index contributed by atoms with van der Waals surface area (Å²) in [4.78, 5) is 15.7. The molecular weight excluding hydrogens is 385 g/mol. The molecule has 1 fully saturated rings. The topological polar surface area (TPSA) is 79.4 Å². The van der Waals surface area contributed by atoms with E-state index in [9.17, 15) is 13.2 Å². The van der Waals surface area contributed by atoms with Gasteiger partial charge in [-0.2, -0.15) is 4.31 Å². The lowest BCUT2D eigenvalue weighted by Gasteiger charge is -2.28. The lowest BCUT2D eigenvalue weighted by atomic mass is 10.0. The SMILES string of the molecule is O=C1CC(c2ccccc2)N(S(=O)(=O)c2ccc(Cl)nc2Cl)CCN1. The summed E-state index contributed by atoms with van der Waals surface area (Å²) in [6, 6.07) is 11.1. The summed E-state index contributed by atoms with van der Waals surface area (Å²) < 4.78 is 27.7. The molecule has 1 N–H and O–H groups in total. The van der Waals surface area contributed by atoms with E-state index in [0.717, 1.165) is 5.56 Å². The molecule has 1 unspecified atom stereocenters. The van der Waals surface area contributed by atoms with Gasteiger partial charge in [-0.05, 0) is 17.7 Å². The van der Waals surface area contributed by atoms with Gasteiger partial charge in [0.25, 0.3) is 0 Å². The Morgan fingerprint density at radius 2 is 1.84 bits per heavy atom. The van der Waals surface area contributed by atoms with Crippen LogP contribution in [0.2, 0.25) is 10.3 Å². The van der Waals surface area contributed by atoms with Gasteiger partial charge in [0, 0.05) is 19.5 Å². The van der Waals surface area contributed by atoms with Crippen LogP contribution >= 0.6 is 23.2 Å². The molecule has 1 atom stereocenters. The van der Waals surface area contributed by atoms with Crippen molar-refractivity contribution in [3.63, 3.8) is 0 Å². The third kappa shape index (κ3) is 3.79. The highest BCUT2D eigenvalue weighted by Gasteiger charge is 2.36. The molecule has 1 aromatic carbocycles. The Balaban J connectivity index is 2.08. The van der Waals surface area contributed by atoms with Crippen molar-refractivity contribution in [2.24, 2.45) is 0 Å². The van der Waals surface area contributed by atoms with Gasteiger partial charge in [0.1, 0.15) is 10.0 Å². The van der Waals surface area contributed by atoms with Crippen molar-refractivity contribution < 1.29 is 13.2 Å². The maximum atomic E-state index is 13.2. The van der Waals surface area contributed by atoms with E-state index in [1.165, 1.54) is 16.4 Å². The summed E-state index contributed by atoms with van der Waals surface area (Å²) in [7, 11) is -3.97. The zero-order valence-electron chi connectivity index (χ0n) is 13.0. The molecule has 0 aliphatic carbocycles. The van der Waals surface area contributed by atoms with Gasteiger partial charge in [-0.25, -0.2) is 13.4 Å². The summed E-state index contributed by atoms with van der Waals surface area (Å²) in [5.41, 5.74) is 0.737. The number of hydrogen-bond donors (Lipinski definition) is 1. The fourth-order valence-electron chi connectivity index (χ4n) is 2.78. The molecule has 1 aliphatic heterocycles. The maximum absolute atomic E-state index is 13.2. The minimum atomic E-state index is -3.97. The molecular formula is C16H15Cl2N3O3S. The number of sulfonamides is 1. The first-order valence-electron chi connectivity index (χ1n) is 7.55. The van der Waals surface area contributed by atoms with Crippen molar-refractivity contribution in [3.05, 3.63) is 58.3 Å². The van der Waals surface area contributed by atoms with E-state index in [0.29, 0.717) is 0 Å². The second kappa shape index (κ2) is 7.29. The van der Waals surface area contributed by atoms with Crippen LogP contribution < -0.4 is 5.32 Å². The Hall–Kier alpha value is -1.67. The van der Waals surface area contributed by atoms with Crippen LogP contribution in [0.1, 0.15) is 18.0 Å². The minimum absolute atomic E-state index is 0.0296. The van der Waals surface area contributed by atoms with Crippen LogP contribution in [-0.2, 0) is 14.8 Å². The van der Waals surface area contributed by atoms with Crippen LogP contribution in [0, 0.1) is 0 Å². The van der Waals surface area contributed by atoms with Crippen LogP contribution in [0.3, 0.4) is 0 Å². The molecule has 1 saturated heterocycles. The first-order chi connectivity index (χ1) is 11.9. The Bertz CT molecular complexity index is 891. The number of pyridine rings is 1. The largest absolute Gasteiger partial charge is 0.355 e. The first kappa shape index (κ1) is 18.1. The number of aromatic nitrogens is 1. The number of amides is 1. The van der Waals surface area contributed by atoms with Gasteiger partial charge >= 0.3 is 0 Å². The highest BCUT2D eigenvalue weighted by molar-refractivity contribution is 7.89. The predicted octanol–water partition coefficient (Wildman–Crippen LogP) is 2.64. The number of carbonyl (C=O) groups is 1. The normalized spacial score (nSPS) is 19.3. The van der Waals surface area contributed by atoms with Gasteiger partial charge in [0.15, 0.2) is 5.15 Å². The average Bonchev–Trinajstić information content (AvgIpc) is 2.77. The average molecular weight is 400 g/mol. The molecule has 0 spiro atoms. The second-order valence-corrected chi connectivity index (χ2v) is 8.12. The van der Waals surface area contributed by atoms with Crippen molar-refractivity contribution in [2.45, 2.75) is 17.4 Å². The highest BCUT2D eigenvalue weighted by atomic mass is 35.5. The number of benzene rings is 1. The van der Waals surface area contributed by atoms with Gasteiger partial charge in [-0.3, -0.25) is 4.79 Å². The fraction of sp³-hybridized carbons (Fsp3) is 0.250. The van der Waals surface area contributed by atoms with E-state index in [2.05, 4.69) is 10.3 Å². The van der Waals surface area contributed by atoms with E-state index in [4.69, 9.17) is 23.2 Å². The molecule has 1 aliphatic rings. The second-order valence-electron chi connectivity index (χ2n) is 5.52. The summed E-state index contributed by atoms with van der Waals surface area (Å²) >= 11 is 11.8. The molecule has 3 rings (SSSR count). The number of nitrogens with zero attached hydrogens (tertiary/aromatic N) is 2. The van der Waals surface area contributed by atoms with Gasteiger partial charge in [-0.15, -0.1) is 0 Å². The van der Waals surface area contributed by atoms with Gasteiger partial charge in [0.05, 0.1) is 6.04 Å². The van der Waals surface area contributed by atoms with Crippen LogP contribution in [-0.4, -0.2) is 36.7 Å². The zero-order chi connectivity index (χ0) is 18.0. The molecule has 2 heterocycles. The minimum Gasteiger partial charge on any atom is -0.355 e. The number of halogens is 2. The molecule has 0 bridgehead atoms. The standard InChI is InChI=1S/C16H15Cl2N3O3S/c17-14-7-6-13(16(18)20-14)25(23,24)21-9-8-19-15(22)10-12(21)11-4-2-1-3-5-11/h1-7,12H,8-10H2,(H,19,22). The molecule has 0 saturated carbocycles. The Kier molecular flexibility index (Phi) is 5.29. The Labute approximate surface area is 155 Å². The summed E-state index contributed by atoms with van der Waals surface area (Å²) in [6.07, 6.45) is 0.0296. The van der Waals surface area contributed by atoms with Crippen molar-refractivity contribution in [3.8, 4) is 0 Å². The molecule has 6 nitrogen and oxygen atoms in total. The van der Waals surface area contributed by atoms with Crippen molar-refractivity contribution >= 4 is 39.1 Å². The van der Waals surface area contributed by atoms with E-state index >= 15 is 0 Å². The van der Waals surface area contributed by atoms with E-state index in [1.807, 2.05) is 6.07 Å². The van der Waals surface area contributed by atoms with Crippen molar-refractivity contribution in [2.75, 3.05) is 13.1 Å². The van der Waals surface area contributed by atoms with E-state index < -0.39 is 16.1 Å². The van der Waals surface area contributed by atoms with Gasteiger partial charge in [0.2, 0.25) is 15.9 Å². The molecule has 0 radical (unpaired) electrons. The smallest absolute Gasteiger partial charge is 0.246 e. The Morgan fingerprint density at radius 1 is 1.12 bits per heavy atom. The summed E-state index contributed by atoms with van der Waals surface area (Å²) in [5, 5.41) is 2.62. The van der Waals surface area contributed by atoms with Crippen LogP contribution in [0.25, 0.3) is 0 Å². The maximum Gasteiger partial charge on any atom is 0.246 e. The van der Waals surface area contributed by atoms with Gasteiger partial charge in [-0.1, -0.05) is 53.5 Å². The zero-order valence-corrected chi connectivity index (χ0v) is 15.4. The number of rotatable bonds is 3. The van der Waals surface area contributed by atoms with E-state index in [1.54, 1.807) is 24.3 Å². The van der Waals surface area contributed by atoms with Crippen molar-refractivity contribution in [1.29, 1.82) is 0 Å². The molecule has 1 aromatic heterocycles. The summed E-state index contributed by atoms with van der Waals surface area (Å²) in [5.74, 6) is -0.202. The third-order valence-electron chi connectivity index (χ3n) is 3.93. The Morgan fingerprint density at radius 3 is 2.52 bits per heavy atom. The highest BCUT2D eigenvalue weighted by Crippen LogP contribution is 2.33. The number of hydrogen-bond acceptors (Lipinski definition) is 4. The molecule has 2 aromatic rings. The van der Waals surface area contributed by atoms with Crippen molar-refractivity contribution in [1.82, 2.24) is 14.6 Å². The quantitative estimate of drug-likeness (QED) is 0.804.